The van der Waals surface area contributed by atoms with Crippen LogP contribution in [0.25, 0.3) is 0 Å². The minimum Gasteiger partial charge on any atom is -0.383 e. The zero-order chi connectivity index (χ0) is 10.6. The van der Waals surface area contributed by atoms with Gasteiger partial charge in [-0.05, 0) is 19.9 Å². The molecule has 0 unspecified atom stereocenters. The minimum atomic E-state index is -0.000972. The van der Waals surface area contributed by atoms with Gasteiger partial charge in [0, 0.05) is 32.4 Å². The van der Waals surface area contributed by atoms with Crippen LogP contribution in [0.2, 0.25) is 0 Å². The number of methoxy groups -OCH3 is 1. The second kappa shape index (κ2) is 4.57. The average Bonchev–Trinajstić information content (AvgIpc) is 2.48. The van der Waals surface area contributed by atoms with Gasteiger partial charge in [0.1, 0.15) is 0 Å². The van der Waals surface area contributed by atoms with Gasteiger partial charge in [0.05, 0.1) is 12.3 Å². The number of ether oxygens (including phenoxy) is 1. The number of nitrogens with zero attached hydrogens (tertiary/aromatic N) is 2. The van der Waals surface area contributed by atoms with Crippen LogP contribution in [0.15, 0.2) is 12.3 Å². The van der Waals surface area contributed by atoms with Gasteiger partial charge in [0.25, 0.3) is 0 Å². The monoisotopic (exact) mass is 197 g/mol. The van der Waals surface area contributed by atoms with Crippen molar-refractivity contribution in [3.05, 3.63) is 18.0 Å². The first-order chi connectivity index (χ1) is 6.55. The van der Waals surface area contributed by atoms with Crippen LogP contribution >= 0.6 is 0 Å². The zero-order valence-electron chi connectivity index (χ0n) is 9.37. The summed E-state index contributed by atoms with van der Waals surface area (Å²) in [5, 5.41) is 7.53. The quantitative estimate of drug-likeness (QED) is 0.763. The van der Waals surface area contributed by atoms with E-state index < -0.39 is 0 Å². The maximum atomic E-state index is 5.12. The lowest BCUT2D eigenvalue weighted by molar-refractivity contribution is 0.127. The Morgan fingerprint density at radius 1 is 1.57 bits per heavy atom. The van der Waals surface area contributed by atoms with Gasteiger partial charge in [-0.2, -0.15) is 5.10 Å². The van der Waals surface area contributed by atoms with Crippen molar-refractivity contribution in [3.63, 3.8) is 0 Å². The number of aryl methyl sites for hydroxylation is 1. The Morgan fingerprint density at radius 3 is 2.79 bits per heavy atom. The minimum absolute atomic E-state index is 0.000972. The fourth-order valence-corrected chi connectivity index (χ4v) is 1.32. The van der Waals surface area contributed by atoms with Gasteiger partial charge in [-0.1, -0.05) is 0 Å². The van der Waals surface area contributed by atoms with Crippen molar-refractivity contribution in [2.45, 2.75) is 25.9 Å². The molecule has 0 amide bonds. The third kappa shape index (κ3) is 3.12. The van der Waals surface area contributed by atoms with Crippen LogP contribution in [0.3, 0.4) is 0 Å². The lowest BCUT2D eigenvalue weighted by Gasteiger charge is -2.25. The normalized spacial score (nSPS) is 12.0. The molecular weight excluding hydrogens is 178 g/mol. The fraction of sp³-hybridized carbons (Fsp3) is 0.700. The van der Waals surface area contributed by atoms with E-state index in [1.54, 1.807) is 13.3 Å². The molecule has 1 rings (SSSR count). The van der Waals surface area contributed by atoms with Crippen molar-refractivity contribution in [2.24, 2.45) is 7.05 Å². The lowest BCUT2D eigenvalue weighted by Crippen LogP contribution is -2.43. The van der Waals surface area contributed by atoms with Crippen molar-refractivity contribution >= 4 is 0 Å². The van der Waals surface area contributed by atoms with E-state index in [4.69, 9.17) is 4.74 Å². The molecule has 0 bridgehead atoms. The number of aromatic nitrogens is 2. The molecular formula is C10H19N3O. The molecule has 0 aliphatic rings. The second-order valence-electron chi connectivity index (χ2n) is 4.12. The Bertz CT molecular complexity index is 281. The van der Waals surface area contributed by atoms with Crippen LogP contribution in [0, 0.1) is 0 Å². The Kier molecular flexibility index (Phi) is 3.66. The lowest BCUT2D eigenvalue weighted by atomic mass is 10.1. The smallest absolute Gasteiger partial charge is 0.0639 e. The Labute approximate surface area is 85.3 Å². The van der Waals surface area contributed by atoms with Crippen molar-refractivity contribution in [1.29, 1.82) is 0 Å². The van der Waals surface area contributed by atoms with Crippen LogP contribution < -0.4 is 5.32 Å². The summed E-state index contributed by atoms with van der Waals surface area (Å²) in [4.78, 5) is 0. The van der Waals surface area contributed by atoms with E-state index in [1.807, 2.05) is 17.8 Å². The highest BCUT2D eigenvalue weighted by molar-refractivity contribution is 5.00. The zero-order valence-corrected chi connectivity index (χ0v) is 9.37. The van der Waals surface area contributed by atoms with Gasteiger partial charge in [-0.15, -0.1) is 0 Å². The summed E-state index contributed by atoms with van der Waals surface area (Å²) in [6.07, 6.45) is 1.81. The number of hydrogen-bond donors (Lipinski definition) is 1. The van der Waals surface area contributed by atoms with Crippen LogP contribution in [0.5, 0.6) is 0 Å². The van der Waals surface area contributed by atoms with Crippen LogP contribution in [-0.4, -0.2) is 29.0 Å². The first kappa shape index (κ1) is 11.2. The van der Waals surface area contributed by atoms with Gasteiger partial charge < -0.3 is 10.1 Å². The largest absolute Gasteiger partial charge is 0.383 e. The molecule has 80 valence electrons. The summed E-state index contributed by atoms with van der Waals surface area (Å²) in [5.41, 5.74) is 1.17. The molecule has 4 heteroatoms. The van der Waals surface area contributed by atoms with Crippen molar-refractivity contribution in [3.8, 4) is 0 Å². The Balaban J connectivity index is 2.44. The van der Waals surface area contributed by atoms with E-state index >= 15 is 0 Å². The van der Waals surface area contributed by atoms with Crippen molar-refractivity contribution in [1.82, 2.24) is 15.1 Å². The highest BCUT2D eigenvalue weighted by atomic mass is 16.5. The topological polar surface area (TPSA) is 39.1 Å². The number of nitrogens with one attached hydrogen (secondary N) is 1. The van der Waals surface area contributed by atoms with E-state index in [2.05, 4.69) is 24.3 Å². The van der Waals surface area contributed by atoms with Gasteiger partial charge in [0.15, 0.2) is 0 Å². The van der Waals surface area contributed by atoms with Crippen LogP contribution in [0.4, 0.5) is 0 Å². The average molecular weight is 197 g/mol. The molecule has 0 spiro atoms. The van der Waals surface area contributed by atoms with Crippen molar-refractivity contribution < 1.29 is 4.74 Å². The van der Waals surface area contributed by atoms with E-state index in [-0.39, 0.29) is 5.54 Å². The molecule has 1 N–H and O–H groups in total. The molecule has 0 atom stereocenters. The predicted molar refractivity (Wildman–Crippen MR) is 56.0 cm³/mol. The third-order valence-corrected chi connectivity index (χ3v) is 2.18. The van der Waals surface area contributed by atoms with Crippen molar-refractivity contribution in [2.75, 3.05) is 13.7 Å². The molecule has 0 aliphatic heterocycles. The highest BCUT2D eigenvalue weighted by Crippen LogP contribution is 2.04. The molecule has 1 aromatic heterocycles. The SMILES string of the molecule is COCC(C)(C)NCc1ccnn1C. The predicted octanol–water partition coefficient (Wildman–Crippen LogP) is 0.935. The van der Waals surface area contributed by atoms with Crippen LogP contribution in [-0.2, 0) is 18.3 Å². The Hall–Kier alpha value is -0.870. The van der Waals surface area contributed by atoms with E-state index in [0.29, 0.717) is 6.61 Å². The summed E-state index contributed by atoms with van der Waals surface area (Å²) in [6.45, 7) is 5.75. The molecule has 0 saturated carbocycles. The molecule has 0 saturated heterocycles. The number of hydrogen-bond acceptors (Lipinski definition) is 3. The summed E-state index contributed by atoms with van der Waals surface area (Å²) < 4.78 is 6.99. The maximum Gasteiger partial charge on any atom is 0.0639 e. The van der Waals surface area contributed by atoms with Gasteiger partial charge in [0.2, 0.25) is 0 Å². The van der Waals surface area contributed by atoms with E-state index in [0.717, 1.165) is 6.54 Å². The highest BCUT2D eigenvalue weighted by Gasteiger charge is 2.16. The Morgan fingerprint density at radius 2 is 2.29 bits per heavy atom. The first-order valence-corrected chi connectivity index (χ1v) is 4.76. The summed E-state index contributed by atoms with van der Waals surface area (Å²) >= 11 is 0. The van der Waals surface area contributed by atoms with Gasteiger partial charge >= 0.3 is 0 Å². The molecule has 1 heterocycles. The summed E-state index contributed by atoms with van der Waals surface area (Å²) in [6, 6.07) is 2.01. The van der Waals surface area contributed by atoms with E-state index in [9.17, 15) is 0 Å². The van der Waals surface area contributed by atoms with E-state index in [1.165, 1.54) is 5.69 Å². The molecule has 0 radical (unpaired) electrons. The number of rotatable bonds is 5. The molecule has 14 heavy (non-hydrogen) atoms. The van der Waals surface area contributed by atoms with Crippen LogP contribution in [0.1, 0.15) is 19.5 Å². The second-order valence-corrected chi connectivity index (χ2v) is 4.12. The molecule has 1 aromatic rings. The third-order valence-electron chi connectivity index (χ3n) is 2.18. The summed E-state index contributed by atoms with van der Waals surface area (Å²) in [7, 11) is 3.66. The van der Waals surface area contributed by atoms with Gasteiger partial charge in [-0.25, -0.2) is 0 Å². The summed E-state index contributed by atoms with van der Waals surface area (Å²) in [5.74, 6) is 0. The van der Waals surface area contributed by atoms with Gasteiger partial charge in [-0.3, -0.25) is 4.68 Å². The molecule has 0 aromatic carbocycles. The molecule has 0 fully saturated rings. The fourth-order valence-electron chi connectivity index (χ4n) is 1.32. The first-order valence-electron chi connectivity index (χ1n) is 4.76. The molecule has 0 aliphatic carbocycles. The standard InChI is InChI=1S/C10H19N3O/c1-10(2,8-14-4)11-7-9-5-6-12-13(9)3/h5-6,11H,7-8H2,1-4H3. The molecule has 4 nitrogen and oxygen atoms in total. The maximum absolute atomic E-state index is 5.12.